The Balaban J connectivity index is 5.19. The van der Waals surface area contributed by atoms with Crippen LogP contribution in [0.5, 0.6) is 0 Å². The van der Waals surface area contributed by atoms with Crippen molar-refractivity contribution in [1.29, 1.82) is 0 Å². The summed E-state index contributed by atoms with van der Waals surface area (Å²) in [6.45, 7) is 13.5. The Morgan fingerprint density at radius 2 is 1.02 bits per heavy atom. The van der Waals surface area contributed by atoms with Crippen LogP contribution < -0.4 is 10.6 Å². The predicted octanol–water partition coefficient (Wildman–Crippen LogP) is 4.34. The van der Waals surface area contributed by atoms with Gasteiger partial charge in [-0.3, -0.25) is 33.6 Å². The second kappa shape index (κ2) is 26.1. The Morgan fingerprint density at radius 3 is 1.54 bits per heavy atom. The molecule has 0 heterocycles. The predicted molar refractivity (Wildman–Crippen MR) is 184 cm³/mol. The topological polar surface area (TPSA) is 190 Å². The molecule has 50 heavy (non-hydrogen) atoms. The van der Waals surface area contributed by atoms with Crippen LogP contribution >= 0.6 is 0 Å². The molecule has 0 spiro atoms. The zero-order valence-corrected chi connectivity index (χ0v) is 31.6. The number of esters is 5. The maximum atomic E-state index is 13.3. The van der Waals surface area contributed by atoms with Crippen LogP contribution in [0, 0.1) is 17.8 Å². The highest BCUT2D eigenvalue weighted by atomic mass is 16.6. The molecule has 0 bridgehead atoms. The number of hydrogen-bond acceptors (Lipinski definition) is 12. The maximum absolute atomic E-state index is 13.3. The van der Waals surface area contributed by atoms with Gasteiger partial charge in [0, 0.05) is 54.1 Å². The lowest BCUT2D eigenvalue weighted by Crippen LogP contribution is -2.57. The minimum atomic E-state index is -1.89. The summed E-state index contributed by atoms with van der Waals surface area (Å²) in [6, 6.07) is 0. The van der Waals surface area contributed by atoms with Crippen molar-refractivity contribution in [3.05, 3.63) is 0 Å². The SMILES string of the molecule is CCC(C)CCCCC(C)CCCC(C)CCC(=O)NCCNC(=O)[C@H](OC(C)=O)[C@@H](OC(C)=O)[C@H](OC(C)=O)[C@@H](COC(C)=O)OC(C)=O. The van der Waals surface area contributed by atoms with E-state index in [2.05, 4.69) is 38.3 Å². The summed E-state index contributed by atoms with van der Waals surface area (Å²) < 4.78 is 25.9. The van der Waals surface area contributed by atoms with Gasteiger partial charge in [-0.15, -0.1) is 0 Å². The first-order chi connectivity index (χ1) is 23.5. The zero-order chi connectivity index (χ0) is 38.2. The molecule has 14 heteroatoms. The van der Waals surface area contributed by atoms with E-state index in [0.717, 1.165) is 59.8 Å². The lowest BCUT2D eigenvalue weighted by molar-refractivity contribution is -0.203. The Kier molecular flexibility index (Phi) is 24.2. The van der Waals surface area contributed by atoms with Gasteiger partial charge in [0.15, 0.2) is 18.3 Å². The summed E-state index contributed by atoms with van der Waals surface area (Å²) in [6.07, 6.45) is 3.80. The summed E-state index contributed by atoms with van der Waals surface area (Å²) in [5.41, 5.74) is 0. The van der Waals surface area contributed by atoms with Crippen molar-refractivity contribution in [3.8, 4) is 0 Å². The van der Waals surface area contributed by atoms with E-state index in [1.165, 1.54) is 38.5 Å². The number of carbonyl (C=O) groups is 7. The average Bonchev–Trinajstić information content (AvgIpc) is 3.02. The molecule has 0 aliphatic heterocycles. The van der Waals surface area contributed by atoms with Crippen LogP contribution in [0.1, 0.15) is 127 Å². The van der Waals surface area contributed by atoms with Gasteiger partial charge in [0.05, 0.1) is 0 Å². The van der Waals surface area contributed by atoms with Crippen LogP contribution in [-0.4, -0.2) is 85.8 Å². The maximum Gasteiger partial charge on any atom is 0.303 e. The van der Waals surface area contributed by atoms with Gasteiger partial charge >= 0.3 is 29.8 Å². The molecule has 0 fully saturated rings. The molecule has 0 aromatic heterocycles. The van der Waals surface area contributed by atoms with Gasteiger partial charge in [-0.2, -0.15) is 0 Å². The first-order valence-corrected chi connectivity index (χ1v) is 17.8. The number of ether oxygens (including phenoxy) is 5. The number of carbonyl (C=O) groups excluding carboxylic acids is 7. The molecule has 0 rings (SSSR count). The molecule has 7 atom stereocenters. The number of amides is 2. The molecular weight excluding hydrogens is 652 g/mol. The molecule has 0 aliphatic rings. The van der Waals surface area contributed by atoms with E-state index >= 15 is 0 Å². The molecule has 2 N–H and O–H groups in total. The number of rotatable bonds is 26. The van der Waals surface area contributed by atoms with Crippen molar-refractivity contribution in [2.75, 3.05) is 19.7 Å². The van der Waals surface area contributed by atoms with Gasteiger partial charge in [0.1, 0.15) is 6.61 Å². The third kappa shape index (κ3) is 22.8. The fourth-order valence-electron chi connectivity index (χ4n) is 5.34. The van der Waals surface area contributed by atoms with Gasteiger partial charge in [0.25, 0.3) is 5.91 Å². The largest absolute Gasteiger partial charge is 0.462 e. The molecule has 14 nitrogen and oxygen atoms in total. The third-order valence-corrected chi connectivity index (χ3v) is 8.26. The molecule has 0 saturated heterocycles. The number of hydrogen-bond donors (Lipinski definition) is 2. The summed E-state index contributed by atoms with van der Waals surface area (Å²) in [7, 11) is 0. The summed E-state index contributed by atoms with van der Waals surface area (Å²) >= 11 is 0. The van der Waals surface area contributed by atoms with E-state index in [1.807, 2.05) is 0 Å². The van der Waals surface area contributed by atoms with Crippen molar-refractivity contribution in [3.63, 3.8) is 0 Å². The smallest absolute Gasteiger partial charge is 0.303 e. The van der Waals surface area contributed by atoms with E-state index in [-0.39, 0.29) is 19.0 Å². The fourth-order valence-corrected chi connectivity index (χ4v) is 5.34. The minimum absolute atomic E-state index is 0.0500. The van der Waals surface area contributed by atoms with Crippen molar-refractivity contribution in [2.45, 2.75) is 151 Å². The molecule has 0 radical (unpaired) electrons. The third-order valence-electron chi connectivity index (χ3n) is 8.26. The summed E-state index contributed by atoms with van der Waals surface area (Å²) in [4.78, 5) is 85.3. The molecule has 0 saturated carbocycles. The van der Waals surface area contributed by atoms with Gasteiger partial charge in [0.2, 0.25) is 12.0 Å². The molecular formula is C36H62N2O12. The quantitative estimate of drug-likeness (QED) is 0.0734. The second-order valence-electron chi connectivity index (χ2n) is 13.2. The summed E-state index contributed by atoms with van der Waals surface area (Å²) in [5, 5.41) is 5.25. The highest BCUT2D eigenvalue weighted by Crippen LogP contribution is 2.22. The molecule has 3 unspecified atom stereocenters. The zero-order valence-electron chi connectivity index (χ0n) is 31.6. The van der Waals surface area contributed by atoms with Gasteiger partial charge in [-0.1, -0.05) is 79.1 Å². The molecule has 0 aliphatic carbocycles. The Labute approximate surface area is 297 Å². The first-order valence-electron chi connectivity index (χ1n) is 17.8. The monoisotopic (exact) mass is 714 g/mol. The van der Waals surface area contributed by atoms with E-state index < -0.39 is 66.8 Å². The average molecular weight is 715 g/mol. The number of nitrogens with one attached hydrogen (secondary N) is 2. The van der Waals surface area contributed by atoms with Crippen LogP contribution in [0.3, 0.4) is 0 Å². The highest BCUT2D eigenvalue weighted by molar-refractivity contribution is 5.85. The van der Waals surface area contributed by atoms with Crippen molar-refractivity contribution in [1.82, 2.24) is 10.6 Å². The van der Waals surface area contributed by atoms with Crippen molar-refractivity contribution < 1.29 is 57.2 Å². The van der Waals surface area contributed by atoms with Gasteiger partial charge < -0.3 is 34.3 Å². The summed E-state index contributed by atoms with van der Waals surface area (Å²) in [5.74, 6) is -3.69. The first kappa shape index (κ1) is 46.3. The minimum Gasteiger partial charge on any atom is -0.462 e. The molecule has 0 aromatic carbocycles. The van der Waals surface area contributed by atoms with Crippen molar-refractivity contribution >= 4 is 41.7 Å². The van der Waals surface area contributed by atoms with Crippen molar-refractivity contribution in [2.24, 2.45) is 17.8 Å². The Morgan fingerprint density at radius 1 is 0.540 bits per heavy atom. The lowest BCUT2D eigenvalue weighted by atomic mass is 9.92. The van der Waals surface area contributed by atoms with Crippen LogP contribution in [0.4, 0.5) is 0 Å². The Bertz CT molecular complexity index is 1080. The normalized spacial score (nSPS) is 15.1. The van der Waals surface area contributed by atoms with Crippen LogP contribution in [0.2, 0.25) is 0 Å². The van der Waals surface area contributed by atoms with Crippen LogP contribution in [0.25, 0.3) is 0 Å². The van der Waals surface area contributed by atoms with E-state index in [4.69, 9.17) is 23.7 Å². The lowest BCUT2D eigenvalue weighted by Gasteiger charge is -2.34. The van der Waals surface area contributed by atoms with E-state index in [0.29, 0.717) is 18.3 Å². The molecule has 0 aromatic rings. The van der Waals surface area contributed by atoms with Gasteiger partial charge in [-0.05, 0) is 24.2 Å². The van der Waals surface area contributed by atoms with Gasteiger partial charge in [-0.25, -0.2) is 0 Å². The molecule has 2 amide bonds. The Hall–Kier alpha value is -3.71. The second-order valence-corrected chi connectivity index (χ2v) is 13.2. The standard InChI is InChI=1S/C36H62N2O12/c1-10-23(2)14-11-12-15-24(3)16-13-17-25(4)18-19-32(44)37-20-21-38-36(45)35(50-30(9)43)34(49-29(8)42)33(48-28(7)41)31(47-27(6)40)22-46-26(5)39/h23-25,31,33-35H,10-22H2,1-9H3,(H,37,44)(H,38,45)/t23?,24?,25?,31-,33-,34+,35-/m1/s1. The van der Waals surface area contributed by atoms with E-state index in [9.17, 15) is 33.6 Å². The molecule has 288 valence electrons. The fraction of sp³-hybridized carbons (Fsp3) is 0.806. The van der Waals surface area contributed by atoms with E-state index in [1.54, 1.807) is 0 Å². The van der Waals surface area contributed by atoms with Crippen LogP contribution in [-0.2, 0) is 57.2 Å². The number of unbranched alkanes of at least 4 members (excludes halogenated alkanes) is 1. The van der Waals surface area contributed by atoms with Crippen LogP contribution in [0.15, 0.2) is 0 Å². The highest BCUT2D eigenvalue weighted by Gasteiger charge is 2.46.